The second kappa shape index (κ2) is 10.6. The number of aliphatic hydroxyl groups is 2. The lowest BCUT2D eigenvalue weighted by Gasteiger charge is -2.35. The smallest absolute Gasteiger partial charge is 0.119 e. The highest BCUT2D eigenvalue weighted by molar-refractivity contribution is 6.31. The Kier molecular flexibility index (Phi) is 7.39. The Hall–Kier alpha value is -2.13. The van der Waals surface area contributed by atoms with E-state index in [4.69, 9.17) is 21.4 Å². The number of rotatable bonds is 8. The van der Waals surface area contributed by atoms with Gasteiger partial charge in [0.15, 0.2) is 0 Å². The second-order valence-electron chi connectivity index (χ2n) is 9.24. The molecule has 0 radical (unpaired) electrons. The van der Waals surface area contributed by atoms with Crippen molar-refractivity contribution >= 4 is 22.5 Å². The van der Waals surface area contributed by atoms with Gasteiger partial charge in [0.1, 0.15) is 18.5 Å². The van der Waals surface area contributed by atoms with Gasteiger partial charge in [-0.25, -0.2) is 0 Å². The largest absolute Gasteiger partial charge is 0.491 e. The molecule has 0 saturated carbocycles. The van der Waals surface area contributed by atoms with Crippen molar-refractivity contribution in [2.24, 2.45) is 0 Å². The van der Waals surface area contributed by atoms with Crippen molar-refractivity contribution in [3.63, 3.8) is 0 Å². The van der Waals surface area contributed by atoms with Crippen LogP contribution in [0.5, 0.6) is 5.75 Å². The van der Waals surface area contributed by atoms with Gasteiger partial charge in [-0.15, -0.1) is 0 Å². The molecule has 1 fully saturated rings. The third-order valence-electron chi connectivity index (χ3n) is 6.92. The number of fused-ring (bicyclic) bond motifs is 3. The standard InChI is InChI=1S/C26H33ClN4O3/c27-19-3-6-24-23(15-19)22-7-8-28-25(26(22)29-24)18-1-4-21(5-2-18)34-17-20(33)16-31-11-9-30(10-12-31)13-14-32/h1-6,15,20,25,28-29,32-33H,7-14,16-17H2. The molecular weight excluding hydrogens is 452 g/mol. The molecule has 0 amide bonds. The number of β-amino-alcohol motifs (C(OH)–C–C–N with tert-alkyl or cyclic N) is 2. The van der Waals surface area contributed by atoms with Crippen LogP contribution < -0.4 is 10.1 Å². The average molecular weight is 485 g/mol. The molecule has 0 aliphatic carbocycles. The van der Waals surface area contributed by atoms with Gasteiger partial charge in [-0.1, -0.05) is 23.7 Å². The van der Waals surface area contributed by atoms with Crippen LogP contribution in [0.1, 0.15) is 22.9 Å². The summed E-state index contributed by atoms with van der Waals surface area (Å²) in [5.41, 5.74) is 4.83. The highest BCUT2D eigenvalue weighted by Gasteiger charge is 2.25. The summed E-state index contributed by atoms with van der Waals surface area (Å²) in [6.07, 6.45) is 0.437. The van der Waals surface area contributed by atoms with Gasteiger partial charge in [0, 0.05) is 67.4 Å². The molecule has 7 nitrogen and oxygen atoms in total. The number of benzene rings is 2. The minimum absolute atomic E-state index is 0.0964. The van der Waals surface area contributed by atoms with Gasteiger partial charge in [-0.2, -0.15) is 0 Å². The lowest BCUT2D eigenvalue weighted by Crippen LogP contribution is -2.49. The van der Waals surface area contributed by atoms with Gasteiger partial charge in [0.25, 0.3) is 0 Å². The summed E-state index contributed by atoms with van der Waals surface area (Å²) in [6.45, 7) is 6.37. The Bertz CT molecular complexity index is 1100. The number of hydrogen-bond donors (Lipinski definition) is 4. The van der Waals surface area contributed by atoms with E-state index in [-0.39, 0.29) is 19.3 Å². The van der Waals surface area contributed by atoms with Crippen LogP contribution in [-0.2, 0) is 6.42 Å². The monoisotopic (exact) mass is 484 g/mol. The number of H-pyrrole nitrogens is 1. The molecule has 2 unspecified atom stereocenters. The zero-order valence-corrected chi connectivity index (χ0v) is 20.1. The molecule has 2 atom stereocenters. The van der Waals surface area contributed by atoms with Crippen LogP contribution in [-0.4, -0.2) is 90.1 Å². The number of aliphatic hydroxyl groups excluding tert-OH is 2. The molecule has 1 saturated heterocycles. The van der Waals surface area contributed by atoms with Gasteiger partial charge in [0.05, 0.1) is 12.6 Å². The Labute approximate surface area is 205 Å². The zero-order chi connectivity index (χ0) is 23.5. The fraction of sp³-hybridized carbons (Fsp3) is 0.462. The number of aromatic amines is 1. The zero-order valence-electron chi connectivity index (χ0n) is 19.3. The van der Waals surface area contributed by atoms with E-state index in [2.05, 4.69) is 32.2 Å². The fourth-order valence-electron chi connectivity index (χ4n) is 5.12. The molecule has 8 heteroatoms. The van der Waals surface area contributed by atoms with E-state index in [1.54, 1.807) is 0 Å². The van der Waals surface area contributed by atoms with Crippen LogP contribution >= 0.6 is 11.6 Å². The third-order valence-corrected chi connectivity index (χ3v) is 7.15. The maximum Gasteiger partial charge on any atom is 0.119 e. The lowest BCUT2D eigenvalue weighted by atomic mass is 9.94. The number of hydrogen-bond acceptors (Lipinski definition) is 6. The topological polar surface area (TPSA) is 84.0 Å². The summed E-state index contributed by atoms with van der Waals surface area (Å²) in [5, 5.41) is 25.1. The van der Waals surface area contributed by atoms with Crippen molar-refractivity contribution in [1.29, 1.82) is 0 Å². The van der Waals surface area contributed by atoms with Crippen LogP contribution in [0.4, 0.5) is 0 Å². The first kappa shape index (κ1) is 23.6. The van der Waals surface area contributed by atoms with E-state index < -0.39 is 6.10 Å². The highest BCUT2D eigenvalue weighted by atomic mass is 35.5. The van der Waals surface area contributed by atoms with Crippen LogP contribution in [0.25, 0.3) is 10.9 Å². The van der Waals surface area contributed by atoms with Crippen LogP contribution in [0.2, 0.25) is 5.02 Å². The SMILES string of the molecule is OCCN1CCN(CC(O)COc2ccc(C3NCCc4c3[nH]c3ccc(Cl)cc43)cc2)CC1. The van der Waals surface area contributed by atoms with Crippen LogP contribution in [0, 0.1) is 0 Å². The molecule has 0 spiro atoms. The predicted molar refractivity (Wildman–Crippen MR) is 135 cm³/mol. The van der Waals surface area contributed by atoms with E-state index >= 15 is 0 Å². The van der Waals surface area contributed by atoms with E-state index in [0.29, 0.717) is 6.54 Å². The third kappa shape index (κ3) is 5.25. The molecule has 2 aliphatic heterocycles. The molecular formula is C26H33ClN4O3. The summed E-state index contributed by atoms with van der Waals surface area (Å²) in [4.78, 5) is 8.09. The minimum Gasteiger partial charge on any atom is -0.491 e. The average Bonchev–Trinajstić information content (AvgIpc) is 3.22. The summed E-state index contributed by atoms with van der Waals surface area (Å²) >= 11 is 6.24. The summed E-state index contributed by atoms with van der Waals surface area (Å²) in [5.74, 6) is 0.759. The predicted octanol–water partition coefficient (Wildman–Crippen LogP) is 2.41. The van der Waals surface area contributed by atoms with E-state index in [1.165, 1.54) is 22.2 Å². The van der Waals surface area contributed by atoms with Crippen LogP contribution in [0.15, 0.2) is 42.5 Å². The lowest BCUT2D eigenvalue weighted by molar-refractivity contribution is 0.0428. The Morgan fingerprint density at radius 3 is 2.59 bits per heavy atom. The molecule has 4 N–H and O–H groups in total. The van der Waals surface area contributed by atoms with E-state index in [0.717, 1.165) is 62.0 Å². The van der Waals surface area contributed by atoms with Gasteiger partial charge in [0.2, 0.25) is 0 Å². The van der Waals surface area contributed by atoms with E-state index in [9.17, 15) is 5.11 Å². The molecule has 182 valence electrons. The first-order valence-electron chi connectivity index (χ1n) is 12.1. The van der Waals surface area contributed by atoms with Crippen molar-refractivity contribution in [3.05, 3.63) is 64.3 Å². The Balaban J connectivity index is 1.17. The molecule has 34 heavy (non-hydrogen) atoms. The van der Waals surface area contributed by atoms with Crippen molar-refractivity contribution in [1.82, 2.24) is 20.1 Å². The Morgan fingerprint density at radius 1 is 1.06 bits per heavy atom. The molecule has 2 aromatic carbocycles. The quantitative estimate of drug-likeness (QED) is 0.393. The molecule has 3 heterocycles. The number of aromatic nitrogens is 1. The minimum atomic E-state index is -0.537. The first-order valence-corrected chi connectivity index (χ1v) is 12.5. The molecule has 2 aliphatic rings. The number of piperazine rings is 1. The van der Waals surface area contributed by atoms with Gasteiger partial charge in [-0.05, 0) is 47.9 Å². The number of halogens is 1. The normalized spacial score (nSPS) is 20.4. The molecule has 3 aromatic rings. The number of nitrogens with zero attached hydrogens (tertiary/aromatic N) is 2. The Morgan fingerprint density at radius 2 is 1.82 bits per heavy atom. The highest BCUT2D eigenvalue weighted by Crippen LogP contribution is 2.35. The number of nitrogens with one attached hydrogen (secondary N) is 2. The van der Waals surface area contributed by atoms with Crippen molar-refractivity contribution < 1.29 is 14.9 Å². The summed E-state index contributed by atoms with van der Waals surface area (Å²) < 4.78 is 5.88. The van der Waals surface area contributed by atoms with Crippen molar-refractivity contribution in [2.45, 2.75) is 18.6 Å². The van der Waals surface area contributed by atoms with Crippen molar-refractivity contribution in [3.8, 4) is 5.75 Å². The van der Waals surface area contributed by atoms with E-state index in [1.807, 2.05) is 30.3 Å². The number of ether oxygens (including phenoxy) is 1. The van der Waals surface area contributed by atoms with Gasteiger partial charge < -0.3 is 25.3 Å². The molecule has 5 rings (SSSR count). The first-order chi connectivity index (χ1) is 16.6. The summed E-state index contributed by atoms with van der Waals surface area (Å²) in [7, 11) is 0. The van der Waals surface area contributed by atoms with Gasteiger partial charge >= 0.3 is 0 Å². The second-order valence-corrected chi connectivity index (χ2v) is 9.68. The summed E-state index contributed by atoms with van der Waals surface area (Å²) in [6, 6.07) is 14.2. The molecule has 1 aromatic heterocycles. The van der Waals surface area contributed by atoms with Crippen LogP contribution in [0.3, 0.4) is 0 Å². The van der Waals surface area contributed by atoms with Crippen molar-refractivity contribution in [2.75, 3.05) is 59.0 Å². The molecule has 0 bridgehead atoms. The van der Waals surface area contributed by atoms with Gasteiger partial charge in [-0.3, -0.25) is 9.80 Å². The maximum atomic E-state index is 10.4. The maximum absolute atomic E-state index is 10.4. The fourth-order valence-corrected chi connectivity index (χ4v) is 5.29.